The highest BCUT2D eigenvalue weighted by molar-refractivity contribution is 4.83. The Bertz CT molecular complexity index is 121. The average Bonchev–Trinajstić information content (AvgIpc) is 2.02. The molecule has 0 aliphatic carbocycles. The third-order valence-electron chi connectivity index (χ3n) is 2.58. The Morgan fingerprint density at radius 1 is 0.923 bits per heavy atom. The SMILES string of the molecule is CNC(CC(C)C)C(NC)C(C)C. The van der Waals surface area contributed by atoms with Gasteiger partial charge in [0.15, 0.2) is 0 Å². The molecule has 0 saturated carbocycles. The first-order valence-electron chi connectivity index (χ1n) is 5.37. The molecular formula is C11H26N2. The molecule has 0 heterocycles. The van der Waals surface area contributed by atoms with Gasteiger partial charge in [-0.1, -0.05) is 27.7 Å². The maximum atomic E-state index is 3.40. The van der Waals surface area contributed by atoms with Gasteiger partial charge in [0.05, 0.1) is 0 Å². The summed E-state index contributed by atoms with van der Waals surface area (Å²) >= 11 is 0. The zero-order valence-electron chi connectivity index (χ0n) is 10.0. The van der Waals surface area contributed by atoms with Crippen molar-refractivity contribution in [3.63, 3.8) is 0 Å². The molecule has 2 nitrogen and oxygen atoms in total. The van der Waals surface area contributed by atoms with Crippen LogP contribution in [0.1, 0.15) is 34.1 Å². The van der Waals surface area contributed by atoms with E-state index in [1.807, 2.05) is 0 Å². The Morgan fingerprint density at radius 3 is 1.69 bits per heavy atom. The summed E-state index contributed by atoms with van der Waals surface area (Å²) in [5, 5.41) is 6.80. The molecule has 0 fully saturated rings. The second-order valence-corrected chi connectivity index (χ2v) is 4.58. The first-order chi connectivity index (χ1) is 6.02. The Kier molecular flexibility index (Phi) is 6.35. The lowest BCUT2D eigenvalue weighted by atomic mass is 9.90. The van der Waals surface area contributed by atoms with Gasteiger partial charge >= 0.3 is 0 Å². The van der Waals surface area contributed by atoms with Gasteiger partial charge < -0.3 is 10.6 Å². The molecule has 2 heteroatoms. The number of hydrogen-bond donors (Lipinski definition) is 2. The lowest BCUT2D eigenvalue weighted by molar-refractivity contribution is 0.293. The van der Waals surface area contributed by atoms with E-state index in [9.17, 15) is 0 Å². The van der Waals surface area contributed by atoms with Crippen molar-refractivity contribution in [3.05, 3.63) is 0 Å². The zero-order chi connectivity index (χ0) is 10.4. The van der Waals surface area contributed by atoms with Crippen molar-refractivity contribution in [1.29, 1.82) is 0 Å². The summed E-state index contributed by atoms with van der Waals surface area (Å²) < 4.78 is 0. The van der Waals surface area contributed by atoms with Crippen LogP contribution in [-0.4, -0.2) is 26.2 Å². The molecule has 0 aromatic carbocycles. The van der Waals surface area contributed by atoms with E-state index in [1.54, 1.807) is 0 Å². The normalized spacial score (nSPS) is 16.6. The maximum absolute atomic E-state index is 3.40. The molecule has 2 N–H and O–H groups in total. The van der Waals surface area contributed by atoms with Crippen LogP contribution in [0.4, 0.5) is 0 Å². The fraction of sp³-hybridized carbons (Fsp3) is 1.00. The number of rotatable bonds is 6. The van der Waals surface area contributed by atoms with Gasteiger partial charge in [0, 0.05) is 12.1 Å². The van der Waals surface area contributed by atoms with Crippen molar-refractivity contribution in [3.8, 4) is 0 Å². The molecule has 0 aromatic heterocycles. The van der Waals surface area contributed by atoms with Gasteiger partial charge in [-0.05, 0) is 32.4 Å². The van der Waals surface area contributed by atoms with E-state index in [0.717, 1.165) is 5.92 Å². The molecule has 0 aromatic rings. The molecule has 0 aliphatic heterocycles. The highest BCUT2D eigenvalue weighted by Crippen LogP contribution is 2.13. The maximum Gasteiger partial charge on any atom is 0.0241 e. The van der Waals surface area contributed by atoms with Gasteiger partial charge in [0.25, 0.3) is 0 Å². The van der Waals surface area contributed by atoms with Crippen LogP contribution < -0.4 is 10.6 Å². The Labute approximate surface area is 83.5 Å². The predicted molar refractivity (Wildman–Crippen MR) is 60.0 cm³/mol. The van der Waals surface area contributed by atoms with Crippen LogP contribution in [-0.2, 0) is 0 Å². The van der Waals surface area contributed by atoms with Crippen molar-refractivity contribution in [2.75, 3.05) is 14.1 Å². The largest absolute Gasteiger partial charge is 0.315 e. The first-order valence-corrected chi connectivity index (χ1v) is 5.37. The molecule has 0 saturated heterocycles. The average molecular weight is 186 g/mol. The highest BCUT2D eigenvalue weighted by Gasteiger charge is 2.21. The van der Waals surface area contributed by atoms with Gasteiger partial charge in [-0.2, -0.15) is 0 Å². The van der Waals surface area contributed by atoms with E-state index < -0.39 is 0 Å². The quantitative estimate of drug-likeness (QED) is 0.661. The fourth-order valence-electron chi connectivity index (χ4n) is 1.95. The van der Waals surface area contributed by atoms with E-state index in [2.05, 4.69) is 52.4 Å². The summed E-state index contributed by atoms with van der Waals surface area (Å²) in [4.78, 5) is 0. The molecule has 0 amide bonds. The fourth-order valence-corrected chi connectivity index (χ4v) is 1.95. The van der Waals surface area contributed by atoms with Crippen LogP contribution in [0.5, 0.6) is 0 Å². The van der Waals surface area contributed by atoms with Crippen LogP contribution in [0, 0.1) is 11.8 Å². The van der Waals surface area contributed by atoms with Crippen LogP contribution in [0.15, 0.2) is 0 Å². The van der Waals surface area contributed by atoms with Gasteiger partial charge in [0.2, 0.25) is 0 Å². The molecule has 0 spiro atoms. The minimum absolute atomic E-state index is 0.576. The topological polar surface area (TPSA) is 24.1 Å². The van der Waals surface area contributed by atoms with Crippen molar-refractivity contribution >= 4 is 0 Å². The van der Waals surface area contributed by atoms with E-state index in [-0.39, 0.29) is 0 Å². The minimum Gasteiger partial charge on any atom is -0.315 e. The number of likely N-dealkylation sites (N-methyl/N-ethyl adjacent to an activating group) is 2. The molecule has 0 aliphatic rings. The van der Waals surface area contributed by atoms with Crippen molar-refractivity contribution in [2.45, 2.75) is 46.2 Å². The van der Waals surface area contributed by atoms with Crippen molar-refractivity contribution in [2.24, 2.45) is 11.8 Å². The summed E-state index contributed by atoms with van der Waals surface area (Å²) in [5.41, 5.74) is 0. The van der Waals surface area contributed by atoms with Crippen molar-refractivity contribution in [1.82, 2.24) is 10.6 Å². The number of nitrogens with one attached hydrogen (secondary N) is 2. The van der Waals surface area contributed by atoms with Crippen LogP contribution in [0.25, 0.3) is 0 Å². The first kappa shape index (κ1) is 12.9. The smallest absolute Gasteiger partial charge is 0.0241 e. The van der Waals surface area contributed by atoms with Crippen molar-refractivity contribution < 1.29 is 0 Å². The summed E-state index contributed by atoms with van der Waals surface area (Å²) in [6.45, 7) is 9.09. The summed E-state index contributed by atoms with van der Waals surface area (Å²) in [5.74, 6) is 1.44. The second-order valence-electron chi connectivity index (χ2n) is 4.58. The third kappa shape index (κ3) is 4.63. The van der Waals surface area contributed by atoms with E-state index in [0.29, 0.717) is 18.0 Å². The lowest BCUT2D eigenvalue weighted by Gasteiger charge is -2.30. The monoisotopic (exact) mass is 186 g/mol. The highest BCUT2D eigenvalue weighted by atomic mass is 15.0. The molecular weight excluding hydrogens is 160 g/mol. The van der Waals surface area contributed by atoms with Gasteiger partial charge in [-0.15, -0.1) is 0 Å². The summed E-state index contributed by atoms with van der Waals surface area (Å²) in [6.07, 6.45) is 1.24. The Hall–Kier alpha value is -0.0800. The number of hydrogen-bond acceptors (Lipinski definition) is 2. The van der Waals surface area contributed by atoms with Crippen LogP contribution in [0.2, 0.25) is 0 Å². The molecule has 0 rings (SSSR count). The standard InChI is InChI=1S/C11H26N2/c1-8(2)7-10(12-5)11(13-6)9(3)4/h8-13H,7H2,1-6H3. The van der Waals surface area contributed by atoms with E-state index in [4.69, 9.17) is 0 Å². The molecule has 2 unspecified atom stereocenters. The second kappa shape index (κ2) is 6.39. The van der Waals surface area contributed by atoms with E-state index in [1.165, 1.54) is 6.42 Å². The Balaban J connectivity index is 4.16. The van der Waals surface area contributed by atoms with Gasteiger partial charge in [0.1, 0.15) is 0 Å². The predicted octanol–water partition coefficient (Wildman–Crippen LogP) is 1.86. The summed E-state index contributed by atoms with van der Waals surface area (Å²) in [6, 6.07) is 1.16. The molecule has 2 atom stereocenters. The Morgan fingerprint density at radius 2 is 1.46 bits per heavy atom. The van der Waals surface area contributed by atoms with Gasteiger partial charge in [-0.25, -0.2) is 0 Å². The van der Waals surface area contributed by atoms with Crippen LogP contribution >= 0.6 is 0 Å². The summed E-state index contributed by atoms with van der Waals surface area (Å²) in [7, 11) is 4.11. The zero-order valence-corrected chi connectivity index (χ0v) is 10.0. The molecule has 0 bridgehead atoms. The molecule has 13 heavy (non-hydrogen) atoms. The lowest BCUT2D eigenvalue weighted by Crippen LogP contribution is -2.49. The van der Waals surface area contributed by atoms with E-state index >= 15 is 0 Å². The molecule has 0 radical (unpaired) electrons. The molecule has 80 valence electrons. The van der Waals surface area contributed by atoms with Gasteiger partial charge in [-0.3, -0.25) is 0 Å². The van der Waals surface area contributed by atoms with Crippen LogP contribution in [0.3, 0.4) is 0 Å². The minimum atomic E-state index is 0.576. The third-order valence-corrected chi connectivity index (χ3v) is 2.58.